The van der Waals surface area contributed by atoms with Crippen molar-refractivity contribution in [2.75, 3.05) is 0 Å². The first-order chi connectivity index (χ1) is 10.8. The van der Waals surface area contributed by atoms with E-state index in [0.29, 0.717) is 32.9 Å². The number of carboxylic acid groups (broad SMARTS) is 2. The van der Waals surface area contributed by atoms with Gasteiger partial charge in [-0.3, -0.25) is 0 Å². The summed E-state index contributed by atoms with van der Waals surface area (Å²) in [5.41, 5.74) is 1.98. The Kier molecular flexibility index (Phi) is 3.18. The molecule has 0 aliphatic rings. The van der Waals surface area contributed by atoms with Crippen LogP contribution >= 0.6 is 0 Å². The molecule has 1 aromatic heterocycles. The van der Waals surface area contributed by atoms with Gasteiger partial charge in [0.1, 0.15) is 11.3 Å². The average Bonchev–Trinajstić information content (AvgIpc) is 2.50. The SMILES string of the molecule is Cc1c(C(=O)O)c(O)c2cc3ccc(C(=O)O)cc3nc2c1C. The molecule has 6 nitrogen and oxygen atoms in total. The van der Waals surface area contributed by atoms with Crippen LogP contribution in [0.3, 0.4) is 0 Å². The lowest BCUT2D eigenvalue weighted by atomic mass is 9.96. The second kappa shape index (κ2) is 4.95. The summed E-state index contributed by atoms with van der Waals surface area (Å²) in [5.74, 6) is -2.58. The van der Waals surface area contributed by atoms with E-state index in [4.69, 9.17) is 5.11 Å². The molecule has 116 valence electrons. The van der Waals surface area contributed by atoms with E-state index in [1.165, 1.54) is 12.1 Å². The standard InChI is InChI=1S/C17H13NO5/c1-7-8(2)14-11(15(19)13(7)17(22)23)5-9-3-4-10(16(20)21)6-12(9)18-14/h3-6,19H,1-2H3,(H,20,21)(H,22,23). The summed E-state index contributed by atoms with van der Waals surface area (Å²) >= 11 is 0. The molecule has 2 aromatic carbocycles. The molecular formula is C17H13NO5. The van der Waals surface area contributed by atoms with Crippen LogP contribution in [0.15, 0.2) is 24.3 Å². The zero-order valence-electron chi connectivity index (χ0n) is 12.4. The third kappa shape index (κ3) is 2.15. The van der Waals surface area contributed by atoms with Crippen molar-refractivity contribution in [3.8, 4) is 5.75 Å². The van der Waals surface area contributed by atoms with Crippen molar-refractivity contribution in [2.45, 2.75) is 13.8 Å². The van der Waals surface area contributed by atoms with Gasteiger partial charge < -0.3 is 15.3 Å². The lowest BCUT2D eigenvalue weighted by Gasteiger charge is -2.13. The van der Waals surface area contributed by atoms with Gasteiger partial charge >= 0.3 is 11.9 Å². The fraction of sp³-hybridized carbons (Fsp3) is 0.118. The van der Waals surface area contributed by atoms with Gasteiger partial charge in [-0.15, -0.1) is 0 Å². The van der Waals surface area contributed by atoms with Crippen LogP contribution in [-0.2, 0) is 0 Å². The van der Waals surface area contributed by atoms with Gasteiger partial charge in [0.15, 0.2) is 0 Å². The molecule has 0 bridgehead atoms. The maximum Gasteiger partial charge on any atom is 0.339 e. The molecular weight excluding hydrogens is 298 g/mol. The number of aromatic hydroxyl groups is 1. The van der Waals surface area contributed by atoms with Gasteiger partial charge in [-0.25, -0.2) is 14.6 Å². The van der Waals surface area contributed by atoms with E-state index in [1.807, 2.05) is 0 Å². The zero-order chi connectivity index (χ0) is 16.9. The summed E-state index contributed by atoms with van der Waals surface area (Å²) in [6.45, 7) is 3.33. The van der Waals surface area contributed by atoms with E-state index in [9.17, 15) is 19.8 Å². The van der Waals surface area contributed by atoms with E-state index >= 15 is 0 Å². The van der Waals surface area contributed by atoms with E-state index in [-0.39, 0.29) is 16.9 Å². The van der Waals surface area contributed by atoms with Crippen LogP contribution in [0.4, 0.5) is 0 Å². The zero-order valence-corrected chi connectivity index (χ0v) is 12.4. The Balaban J connectivity index is 2.46. The highest BCUT2D eigenvalue weighted by molar-refractivity contribution is 6.06. The molecule has 3 aromatic rings. The predicted molar refractivity (Wildman–Crippen MR) is 84.3 cm³/mol. The Bertz CT molecular complexity index is 1010. The second-order valence-corrected chi connectivity index (χ2v) is 5.38. The number of hydrogen-bond acceptors (Lipinski definition) is 4. The molecule has 0 aliphatic heterocycles. The quantitative estimate of drug-likeness (QED) is 0.628. The summed E-state index contributed by atoms with van der Waals surface area (Å²) in [6, 6.07) is 6.10. The number of carboxylic acids is 2. The molecule has 0 spiro atoms. The minimum atomic E-state index is -1.20. The second-order valence-electron chi connectivity index (χ2n) is 5.38. The van der Waals surface area contributed by atoms with Gasteiger partial charge in [-0.05, 0) is 43.2 Å². The number of fused-ring (bicyclic) bond motifs is 2. The molecule has 0 atom stereocenters. The number of pyridine rings is 1. The average molecular weight is 311 g/mol. The van der Waals surface area contributed by atoms with Gasteiger partial charge in [-0.2, -0.15) is 0 Å². The number of phenols is 1. The molecule has 0 radical (unpaired) electrons. The van der Waals surface area contributed by atoms with Crippen molar-refractivity contribution in [2.24, 2.45) is 0 Å². The van der Waals surface area contributed by atoms with Crippen LogP contribution in [0.1, 0.15) is 31.8 Å². The molecule has 0 saturated heterocycles. The summed E-state index contributed by atoms with van der Waals surface area (Å²) in [7, 11) is 0. The molecule has 0 fully saturated rings. The first kappa shape index (κ1) is 14.8. The molecule has 0 unspecified atom stereocenters. The van der Waals surface area contributed by atoms with Crippen LogP contribution in [0, 0.1) is 13.8 Å². The fourth-order valence-electron chi connectivity index (χ4n) is 2.71. The summed E-state index contributed by atoms with van der Waals surface area (Å²) in [4.78, 5) is 26.9. The summed E-state index contributed by atoms with van der Waals surface area (Å²) < 4.78 is 0. The minimum Gasteiger partial charge on any atom is -0.506 e. The van der Waals surface area contributed by atoms with Crippen LogP contribution in [0.5, 0.6) is 5.75 Å². The Morgan fingerprint density at radius 1 is 1.00 bits per heavy atom. The lowest BCUT2D eigenvalue weighted by molar-refractivity contribution is 0.0683. The maximum absolute atomic E-state index is 11.4. The van der Waals surface area contributed by atoms with Gasteiger partial charge in [0.05, 0.1) is 16.6 Å². The van der Waals surface area contributed by atoms with Crippen molar-refractivity contribution < 1.29 is 24.9 Å². The molecule has 0 amide bonds. The number of hydrogen-bond donors (Lipinski definition) is 3. The normalized spacial score (nSPS) is 11.0. The van der Waals surface area contributed by atoms with E-state index in [2.05, 4.69) is 4.98 Å². The number of aromatic carboxylic acids is 2. The third-order valence-corrected chi connectivity index (χ3v) is 4.06. The summed E-state index contributed by atoms with van der Waals surface area (Å²) in [5, 5.41) is 29.6. The van der Waals surface area contributed by atoms with Crippen LogP contribution in [0.25, 0.3) is 21.8 Å². The number of benzene rings is 2. The lowest BCUT2D eigenvalue weighted by Crippen LogP contribution is -2.04. The van der Waals surface area contributed by atoms with Crippen molar-refractivity contribution in [1.29, 1.82) is 0 Å². The topological polar surface area (TPSA) is 108 Å². The van der Waals surface area contributed by atoms with Crippen molar-refractivity contribution >= 4 is 33.7 Å². The first-order valence-electron chi connectivity index (χ1n) is 6.84. The molecule has 0 aliphatic carbocycles. The molecule has 3 rings (SSSR count). The van der Waals surface area contributed by atoms with Gasteiger partial charge in [0.25, 0.3) is 0 Å². The monoisotopic (exact) mass is 311 g/mol. The largest absolute Gasteiger partial charge is 0.506 e. The number of nitrogens with zero attached hydrogens (tertiary/aromatic N) is 1. The van der Waals surface area contributed by atoms with Crippen LogP contribution < -0.4 is 0 Å². The highest BCUT2D eigenvalue weighted by atomic mass is 16.4. The predicted octanol–water partition coefficient (Wildman–Crippen LogP) is 3.11. The highest BCUT2D eigenvalue weighted by Crippen LogP contribution is 2.35. The van der Waals surface area contributed by atoms with E-state index < -0.39 is 11.9 Å². The van der Waals surface area contributed by atoms with Crippen molar-refractivity contribution in [3.05, 3.63) is 46.5 Å². The van der Waals surface area contributed by atoms with Crippen molar-refractivity contribution in [1.82, 2.24) is 4.98 Å². The van der Waals surface area contributed by atoms with E-state index in [1.54, 1.807) is 26.0 Å². The maximum atomic E-state index is 11.4. The van der Waals surface area contributed by atoms with E-state index in [0.717, 1.165) is 0 Å². The van der Waals surface area contributed by atoms with Gasteiger partial charge in [0, 0.05) is 10.8 Å². The molecule has 3 N–H and O–H groups in total. The molecule has 23 heavy (non-hydrogen) atoms. The molecule has 1 heterocycles. The number of carbonyl (C=O) groups is 2. The number of aryl methyl sites for hydroxylation is 1. The Morgan fingerprint density at radius 3 is 2.30 bits per heavy atom. The first-order valence-corrected chi connectivity index (χ1v) is 6.84. The third-order valence-electron chi connectivity index (χ3n) is 4.06. The Labute approximate surface area is 130 Å². The number of aromatic nitrogens is 1. The molecule has 0 saturated carbocycles. The summed E-state index contributed by atoms with van der Waals surface area (Å²) in [6.07, 6.45) is 0. The minimum absolute atomic E-state index is 0.116. The smallest absolute Gasteiger partial charge is 0.339 e. The Morgan fingerprint density at radius 2 is 1.70 bits per heavy atom. The number of rotatable bonds is 2. The molecule has 6 heteroatoms. The van der Waals surface area contributed by atoms with Gasteiger partial charge in [-0.1, -0.05) is 6.07 Å². The van der Waals surface area contributed by atoms with Crippen LogP contribution in [-0.4, -0.2) is 32.2 Å². The van der Waals surface area contributed by atoms with Crippen molar-refractivity contribution in [3.63, 3.8) is 0 Å². The van der Waals surface area contributed by atoms with Gasteiger partial charge in [0.2, 0.25) is 0 Å². The fourth-order valence-corrected chi connectivity index (χ4v) is 2.71. The Hall–Kier alpha value is -3.15. The highest BCUT2D eigenvalue weighted by Gasteiger charge is 2.20. The van der Waals surface area contributed by atoms with Crippen LogP contribution in [0.2, 0.25) is 0 Å².